The SMILES string of the molecule is Cc1cc(Br)cnc1N1CC[C@@H](Nc2ccccc2)C1. The highest BCUT2D eigenvalue weighted by atomic mass is 79.9. The summed E-state index contributed by atoms with van der Waals surface area (Å²) in [6, 6.07) is 13.0. The lowest BCUT2D eigenvalue weighted by atomic mass is 10.2. The molecule has 1 atom stereocenters. The molecule has 1 aromatic carbocycles. The maximum Gasteiger partial charge on any atom is 0.131 e. The van der Waals surface area contributed by atoms with Gasteiger partial charge in [-0.2, -0.15) is 0 Å². The Bertz CT molecular complexity index is 586. The summed E-state index contributed by atoms with van der Waals surface area (Å²) in [5.74, 6) is 1.10. The van der Waals surface area contributed by atoms with Gasteiger partial charge in [-0.1, -0.05) is 18.2 Å². The van der Waals surface area contributed by atoms with Crippen LogP contribution >= 0.6 is 15.9 Å². The molecule has 0 unspecified atom stereocenters. The largest absolute Gasteiger partial charge is 0.380 e. The molecule has 3 nitrogen and oxygen atoms in total. The van der Waals surface area contributed by atoms with Crippen LogP contribution in [0.4, 0.5) is 11.5 Å². The maximum absolute atomic E-state index is 4.55. The van der Waals surface area contributed by atoms with E-state index in [9.17, 15) is 0 Å². The molecular weight excluding hydrogens is 314 g/mol. The number of aromatic nitrogens is 1. The van der Waals surface area contributed by atoms with Crippen molar-refractivity contribution in [2.45, 2.75) is 19.4 Å². The van der Waals surface area contributed by atoms with E-state index in [1.165, 1.54) is 11.3 Å². The highest BCUT2D eigenvalue weighted by Crippen LogP contribution is 2.25. The van der Waals surface area contributed by atoms with Gasteiger partial charge in [-0.15, -0.1) is 0 Å². The Morgan fingerprint density at radius 3 is 2.85 bits per heavy atom. The normalized spacial score (nSPS) is 18.3. The van der Waals surface area contributed by atoms with E-state index < -0.39 is 0 Å². The third-order valence-corrected chi connectivity index (χ3v) is 4.08. The summed E-state index contributed by atoms with van der Waals surface area (Å²) in [6.07, 6.45) is 3.02. The number of nitrogens with one attached hydrogen (secondary N) is 1. The minimum absolute atomic E-state index is 0.488. The molecule has 4 heteroatoms. The van der Waals surface area contributed by atoms with Crippen LogP contribution < -0.4 is 10.2 Å². The Kier molecular flexibility index (Phi) is 3.92. The quantitative estimate of drug-likeness (QED) is 0.926. The molecule has 0 bridgehead atoms. The second kappa shape index (κ2) is 5.83. The van der Waals surface area contributed by atoms with Gasteiger partial charge in [0.25, 0.3) is 0 Å². The molecule has 1 aliphatic heterocycles. The number of hydrogen-bond donors (Lipinski definition) is 1. The van der Waals surface area contributed by atoms with E-state index in [2.05, 4.69) is 68.4 Å². The lowest BCUT2D eigenvalue weighted by Crippen LogP contribution is -2.27. The molecule has 0 aliphatic carbocycles. The number of halogens is 1. The predicted molar refractivity (Wildman–Crippen MR) is 87.4 cm³/mol. The van der Waals surface area contributed by atoms with Crippen molar-refractivity contribution in [3.05, 3.63) is 52.6 Å². The average Bonchev–Trinajstić information content (AvgIpc) is 2.88. The summed E-state index contributed by atoms with van der Waals surface area (Å²) in [5.41, 5.74) is 2.42. The fourth-order valence-electron chi connectivity index (χ4n) is 2.70. The van der Waals surface area contributed by atoms with Gasteiger partial charge in [0.15, 0.2) is 0 Å². The van der Waals surface area contributed by atoms with E-state index in [1.54, 1.807) is 0 Å². The third-order valence-electron chi connectivity index (χ3n) is 3.65. The van der Waals surface area contributed by atoms with Gasteiger partial charge in [0, 0.05) is 35.5 Å². The minimum atomic E-state index is 0.488. The van der Waals surface area contributed by atoms with Crippen molar-refractivity contribution < 1.29 is 0 Å². The summed E-state index contributed by atoms with van der Waals surface area (Å²) < 4.78 is 1.04. The van der Waals surface area contributed by atoms with E-state index in [-0.39, 0.29) is 0 Å². The zero-order valence-electron chi connectivity index (χ0n) is 11.5. The summed E-state index contributed by atoms with van der Waals surface area (Å²) in [7, 11) is 0. The molecule has 2 aromatic rings. The summed E-state index contributed by atoms with van der Waals surface area (Å²) in [5, 5.41) is 3.59. The number of hydrogen-bond acceptors (Lipinski definition) is 3. The lowest BCUT2D eigenvalue weighted by Gasteiger charge is -2.20. The molecule has 104 valence electrons. The first kappa shape index (κ1) is 13.4. The molecule has 0 spiro atoms. The monoisotopic (exact) mass is 331 g/mol. The summed E-state index contributed by atoms with van der Waals surface area (Å²) >= 11 is 3.47. The van der Waals surface area contributed by atoms with Crippen molar-refractivity contribution in [1.82, 2.24) is 4.98 Å². The highest BCUT2D eigenvalue weighted by molar-refractivity contribution is 9.10. The highest BCUT2D eigenvalue weighted by Gasteiger charge is 2.24. The standard InChI is InChI=1S/C16H18BrN3/c1-12-9-13(17)10-18-16(12)20-8-7-15(11-20)19-14-5-3-2-4-6-14/h2-6,9-10,15,19H,7-8,11H2,1H3/t15-/m1/s1. The van der Waals surface area contributed by atoms with Gasteiger partial charge in [-0.3, -0.25) is 0 Å². The number of nitrogens with zero attached hydrogens (tertiary/aromatic N) is 2. The van der Waals surface area contributed by atoms with Crippen LogP contribution in [0.1, 0.15) is 12.0 Å². The smallest absolute Gasteiger partial charge is 0.131 e. The fraction of sp³-hybridized carbons (Fsp3) is 0.312. The number of benzene rings is 1. The van der Waals surface area contributed by atoms with E-state index in [4.69, 9.17) is 0 Å². The van der Waals surface area contributed by atoms with E-state index >= 15 is 0 Å². The van der Waals surface area contributed by atoms with Crippen molar-refractivity contribution in [3.63, 3.8) is 0 Å². The third kappa shape index (κ3) is 2.96. The van der Waals surface area contributed by atoms with E-state index in [0.717, 1.165) is 29.8 Å². The van der Waals surface area contributed by atoms with Crippen LogP contribution in [0.3, 0.4) is 0 Å². The molecule has 0 radical (unpaired) electrons. The topological polar surface area (TPSA) is 28.2 Å². The van der Waals surface area contributed by atoms with Crippen molar-refractivity contribution in [2.24, 2.45) is 0 Å². The van der Waals surface area contributed by atoms with Crippen molar-refractivity contribution >= 4 is 27.4 Å². The first-order chi connectivity index (χ1) is 9.72. The Hall–Kier alpha value is -1.55. The number of aryl methyl sites for hydroxylation is 1. The van der Waals surface area contributed by atoms with Crippen molar-refractivity contribution in [2.75, 3.05) is 23.3 Å². The maximum atomic E-state index is 4.55. The Balaban J connectivity index is 1.67. The summed E-state index contributed by atoms with van der Waals surface area (Å²) in [4.78, 5) is 6.92. The molecule has 1 N–H and O–H groups in total. The van der Waals surface area contributed by atoms with Gasteiger partial charge < -0.3 is 10.2 Å². The number of para-hydroxylation sites is 1. The molecule has 2 heterocycles. The Labute approximate surface area is 128 Å². The molecule has 1 fully saturated rings. The molecule has 3 rings (SSSR count). The van der Waals surface area contributed by atoms with Gasteiger partial charge in [0.1, 0.15) is 5.82 Å². The van der Waals surface area contributed by atoms with Crippen LogP contribution in [-0.4, -0.2) is 24.1 Å². The van der Waals surface area contributed by atoms with Crippen LogP contribution in [-0.2, 0) is 0 Å². The van der Waals surface area contributed by atoms with Crippen LogP contribution in [0.2, 0.25) is 0 Å². The molecular formula is C16H18BrN3. The Morgan fingerprint density at radius 2 is 2.10 bits per heavy atom. The lowest BCUT2D eigenvalue weighted by molar-refractivity contribution is 0.806. The molecule has 0 amide bonds. The first-order valence-electron chi connectivity index (χ1n) is 6.91. The van der Waals surface area contributed by atoms with Gasteiger partial charge in [0.05, 0.1) is 0 Å². The first-order valence-corrected chi connectivity index (χ1v) is 7.70. The van der Waals surface area contributed by atoms with E-state index in [1.807, 2.05) is 12.3 Å². The van der Waals surface area contributed by atoms with Gasteiger partial charge in [-0.05, 0) is 53.0 Å². The number of anilines is 2. The van der Waals surface area contributed by atoms with Crippen LogP contribution in [0.25, 0.3) is 0 Å². The number of rotatable bonds is 3. The zero-order valence-corrected chi connectivity index (χ0v) is 13.1. The van der Waals surface area contributed by atoms with Gasteiger partial charge in [0.2, 0.25) is 0 Å². The molecule has 0 saturated carbocycles. The predicted octanol–water partition coefficient (Wildman–Crippen LogP) is 3.84. The molecule has 1 aromatic heterocycles. The Morgan fingerprint density at radius 1 is 1.30 bits per heavy atom. The van der Waals surface area contributed by atoms with Gasteiger partial charge in [-0.25, -0.2) is 4.98 Å². The zero-order chi connectivity index (χ0) is 13.9. The van der Waals surface area contributed by atoms with Crippen LogP contribution in [0, 0.1) is 6.92 Å². The summed E-state index contributed by atoms with van der Waals surface area (Å²) in [6.45, 7) is 4.18. The van der Waals surface area contributed by atoms with E-state index in [0.29, 0.717) is 6.04 Å². The van der Waals surface area contributed by atoms with Crippen molar-refractivity contribution in [3.8, 4) is 0 Å². The van der Waals surface area contributed by atoms with Crippen molar-refractivity contribution in [1.29, 1.82) is 0 Å². The number of pyridine rings is 1. The molecule has 1 aliphatic rings. The average molecular weight is 332 g/mol. The van der Waals surface area contributed by atoms with Gasteiger partial charge >= 0.3 is 0 Å². The second-order valence-corrected chi connectivity index (χ2v) is 6.15. The molecule has 1 saturated heterocycles. The van der Waals surface area contributed by atoms with Crippen LogP contribution in [0.5, 0.6) is 0 Å². The van der Waals surface area contributed by atoms with Crippen LogP contribution in [0.15, 0.2) is 47.1 Å². The minimum Gasteiger partial charge on any atom is -0.380 e. The fourth-order valence-corrected chi connectivity index (χ4v) is 3.15. The molecule has 20 heavy (non-hydrogen) atoms. The second-order valence-electron chi connectivity index (χ2n) is 5.24.